The van der Waals surface area contributed by atoms with Gasteiger partial charge < -0.3 is 9.09 Å². The van der Waals surface area contributed by atoms with Crippen LogP contribution in [0.3, 0.4) is 0 Å². The lowest BCUT2D eigenvalue weighted by molar-refractivity contribution is 0.420. The predicted octanol–water partition coefficient (Wildman–Crippen LogP) is 4.19. The molecule has 0 bridgehead atoms. The van der Waals surface area contributed by atoms with E-state index in [1.54, 1.807) is 21.5 Å². The van der Waals surface area contributed by atoms with Crippen LogP contribution in [-0.4, -0.2) is 24.3 Å². The van der Waals surface area contributed by atoms with Gasteiger partial charge in [0.25, 0.3) is 11.4 Å². The Labute approximate surface area is 178 Å². The number of rotatable bonds is 4. The SMILES string of the molecule is Cc1cccc(-c2nc(Cn3ccn4nc(-c5cc(C)ccc5C)cc4c3=O)no2)c1. The van der Waals surface area contributed by atoms with Crippen LogP contribution in [0, 0.1) is 20.8 Å². The van der Waals surface area contributed by atoms with Gasteiger partial charge >= 0.3 is 0 Å². The summed E-state index contributed by atoms with van der Waals surface area (Å²) in [6.07, 6.45) is 3.46. The van der Waals surface area contributed by atoms with E-state index in [-0.39, 0.29) is 12.1 Å². The van der Waals surface area contributed by atoms with Gasteiger partial charge in [-0.25, -0.2) is 4.52 Å². The topological polar surface area (TPSA) is 78.2 Å². The molecule has 154 valence electrons. The molecule has 0 N–H and O–H groups in total. The van der Waals surface area contributed by atoms with Gasteiger partial charge in [0.1, 0.15) is 5.52 Å². The Bertz CT molecular complexity index is 1480. The van der Waals surface area contributed by atoms with E-state index in [1.807, 2.05) is 51.1 Å². The summed E-state index contributed by atoms with van der Waals surface area (Å²) >= 11 is 0. The van der Waals surface area contributed by atoms with E-state index in [1.165, 1.54) is 0 Å². The monoisotopic (exact) mass is 411 g/mol. The van der Waals surface area contributed by atoms with Gasteiger partial charge in [-0.1, -0.05) is 40.5 Å². The molecule has 7 heteroatoms. The van der Waals surface area contributed by atoms with Gasteiger partial charge in [0, 0.05) is 23.5 Å². The van der Waals surface area contributed by atoms with Crippen molar-refractivity contribution in [2.75, 3.05) is 0 Å². The van der Waals surface area contributed by atoms with Gasteiger partial charge in [-0.05, 0) is 50.6 Å². The molecule has 5 aromatic rings. The zero-order valence-electron chi connectivity index (χ0n) is 17.5. The lowest BCUT2D eigenvalue weighted by Gasteiger charge is -2.03. The van der Waals surface area contributed by atoms with Gasteiger partial charge in [0.15, 0.2) is 5.82 Å². The maximum absolute atomic E-state index is 13.1. The normalized spacial score (nSPS) is 11.3. The molecule has 0 unspecified atom stereocenters. The summed E-state index contributed by atoms with van der Waals surface area (Å²) in [5.74, 6) is 0.881. The highest BCUT2D eigenvalue weighted by Crippen LogP contribution is 2.24. The van der Waals surface area contributed by atoms with Crippen molar-refractivity contribution in [2.45, 2.75) is 27.3 Å². The van der Waals surface area contributed by atoms with E-state index in [4.69, 9.17) is 4.52 Å². The zero-order valence-corrected chi connectivity index (χ0v) is 17.5. The second-order valence-corrected chi connectivity index (χ2v) is 7.79. The van der Waals surface area contributed by atoms with Gasteiger partial charge in [0.2, 0.25) is 0 Å². The Morgan fingerprint density at radius 3 is 2.65 bits per heavy atom. The third kappa shape index (κ3) is 3.54. The number of hydrogen-bond donors (Lipinski definition) is 0. The molecule has 7 nitrogen and oxygen atoms in total. The van der Waals surface area contributed by atoms with Crippen molar-refractivity contribution in [1.29, 1.82) is 0 Å². The standard InChI is InChI=1S/C24H21N5O2/c1-15-5-4-6-18(11-15)23-25-22(27-31-23)14-28-9-10-29-21(24(28)30)13-20(26-29)19-12-16(2)7-8-17(19)3/h4-13H,14H2,1-3H3. The molecule has 0 aliphatic carbocycles. The average Bonchev–Trinajstić information content (AvgIpc) is 3.39. The van der Waals surface area contributed by atoms with E-state index >= 15 is 0 Å². The summed E-state index contributed by atoms with van der Waals surface area (Å²) in [6.45, 7) is 6.31. The number of aryl methyl sites for hydroxylation is 3. The molecule has 2 aromatic carbocycles. The van der Waals surface area contributed by atoms with Gasteiger partial charge in [-0.2, -0.15) is 10.1 Å². The lowest BCUT2D eigenvalue weighted by Crippen LogP contribution is -2.22. The van der Waals surface area contributed by atoms with E-state index in [9.17, 15) is 4.79 Å². The molecular weight excluding hydrogens is 390 g/mol. The molecule has 31 heavy (non-hydrogen) atoms. The van der Waals surface area contributed by atoms with Crippen LogP contribution in [0.1, 0.15) is 22.5 Å². The van der Waals surface area contributed by atoms with Crippen LogP contribution in [0.5, 0.6) is 0 Å². The quantitative estimate of drug-likeness (QED) is 0.443. The lowest BCUT2D eigenvalue weighted by atomic mass is 10.0. The molecule has 0 aliphatic heterocycles. The molecular formula is C24H21N5O2. The zero-order chi connectivity index (χ0) is 21.5. The molecule has 3 heterocycles. The molecule has 0 spiro atoms. The first-order chi connectivity index (χ1) is 15.0. The van der Waals surface area contributed by atoms with Crippen molar-refractivity contribution in [2.24, 2.45) is 0 Å². The molecule has 0 saturated carbocycles. The molecule has 5 rings (SSSR count). The summed E-state index contributed by atoms with van der Waals surface area (Å²) in [4.78, 5) is 17.5. The highest BCUT2D eigenvalue weighted by Gasteiger charge is 2.14. The third-order valence-electron chi connectivity index (χ3n) is 5.32. The minimum atomic E-state index is -0.159. The minimum Gasteiger partial charge on any atom is -0.334 e. The Balaban J connectivity index is 1.48. The highest BCUT2D eigenvalue weighted by atomic mass is 16.5. The molecule has 0 saturated heterocycles. The maximum atomic E-state index is 13.1. The third-order valence-corrected chi connectivity index (χ3v) is 5.32. The molecule has 0 amide bonds. The number of nitrogens with zero attached hydrogens (tertiary/aromatic N) is 5. The fourth-order valence-corrected chi connectivity index (χ4v) is 3.66. The first-order valence-electron chi connectivity index (χ1n) is 10.0. The Kier molecular flexibility index (Phi) is 4.51. The largest absolute Gasteiger partial charge is 0.334 e. The summed E-state index contributed by atoms with van der Waals surface area (Å²) in [7, 11) is 0. The van der Waals surface area contributed by atoms with Crippen molar-refractivity contribution < 1.29 is 4.52 Å². The van der Waals surface area contributed by atoms with Crippen LogP contribution in [-0.2, 0) is 6.54 Å². The van der Waals surface area contributed by atoms with Crippen LogP contribution in [0.2, 0.25) is 0 Å². The van der Waals surface area contributed by atoms with Crippen LogP contribution in [0.25, 0.3) is 28.2 Å². The Morgan fingerprint density at radius 2 is 1.81 bits per heavy atom. The first kappa shape index (κ1) is 19.0. The minimum absolute atomic E-state index is 0.159. The van der Waals surface area contributed by atoms with Gasteiger partial charge in [0.05, 0.1) is 12.2 Å². The number of fused-ring (bicyclic) bond motifs is 1. The van der Waals surface area contributed by atoms with Crippen molar-refractivity contribution >= 4 is 5.52 Å². The molecule has 3 aromatic heterocycles. The van der Waals surface area contributed by atoms with Gasteiger partial charge in [-0.3, -0.25) is 4.79 Å². The molecule has 0 fully saturated rings. The van der Waals surface area contributed by atoms with Crippen molar-refractivity contribution in [3.63, 3.8) is 0 Å². The van der Waals surface area contributed by atoms with E-state index < -0.39 is 0 Å². The van der Waals surface area contributed by atoms with Crippen LogP contribution >= 0.6 is 0 Å². The highest BCUT2D eigenvalue weighted by molar-refractivity contribution is 5.69. The second-order valence-electron chi connectivity index (χ2n) is 7.79. The van der Waals surface area contributed by atoms with Crippen LogP contribution < -0.4 is 5.56 Å². The summed E-state index contributed by atoms with van der Waals surface area (Å²) in [5, 5.41) is 8.64. The average molecular weight is 411 g/mol. The van der Waals surface area contributed by atoms with E-state index in [0.29, 0.717) is 17.2 Å². The molecule has 0 radical (unpaired) electrons. The second kappa shape index (κ2) is 7.36. The van der Waals surface area contributed by atoms with Crippen LogP contribution in [0.4, 0.5) is 0 Å². The fraction of sp³-hybridized carbons (Fsp3) is 0.167. The smallest absolute Gasteiger partial charge is 0.277 e. The molecule has 0 aliphatic rings. The van der Waals surface area contributed by atoms with E-state index in [2.05, 4.69) is 33.4 Å². The molecule has 0 atom stereocenters. The van der Waals surface area contributed by atoms with Crippen molar-refractivity contribution in [1.82, 2.24) is 24.3 Å². The van der Waals surface area contributed by atoms with Crippen molar-refractivity contribution in [3.05, 3.63) is 93.8 Å². The Morgan fingerprint density at radius 1 is 0.968 bits per heavy atom. The van der Waals surface area contributed by atoms with Crippen LogP contribution in [0.15, 0.2) is 70.2 Å². The maximum Gasteiger partial charge on any atom is 0.277 e. The number of hydrogen-bond acceptors (Lipinski definition) is 5. The number of aromatic nitrogens is 5. The first-order valence-corrected chi connectivity index (χ1v) is 10.0. The Hall–Kier alpha value is -4.00. The van der Waals surface area contributed by atoms with E-state index in [0.717, 1.165) is 33.5 Å². The number of benzene rings is 2. The fourth-order valence-electron chi connectivity index (χ4n) is 3.66. The predicted molar refractivity (Wildman–Crippen MR) is 118 cm³/mol. The van der Waals surface area contributed by atoms with Crippen molar-refractivity contribution in [3.8, 4) is 22.7 Å². The summed E-state index contributed by atoms with van der Waals surface area (Å²) in [5.41, 5.74) is 6.37. The summed E-state index contributed by atoms with van der Waals surface area (Å²) in [6, 6.07) is 15.9. The van der Waals surface area contributed by atoms with Gasteiger partial charge in [-0.15, -0.1) is 0 Å². The summed E-state index contributed by atoms with van der Waals surface area (Å²) < 4.78 is 8.58.